The number of para-hydroxylation sites is 1. The molecular formula is C16H19N5O2S. The molecule has 0 fully saturated rings. The van der Waals surface area contributed by atoms with Gasteiger partial charge in [0.15, 0.2) is 5.16 Å². The quantitative estimate of drug-likeness (QED) is 0.708. The number of amides is 1. The van der Waals surface area contributed by atoms with Crippen molar-refractivity contribution in [2.24, 2.45) is 13.0 Å². The Balaban J connectivity index is 1.96. The number of carbonyl (C=O) groups is 1. The summed E-state index contributed by atoms with van der Waals surface area (Å²) in [6, 6.07) is 7.33. The minimum absolute atomic E-state index is 0.0421. The number of fused-ring (bicyclic) bond motifs is 3. The van der Waals surface area contributed by atoms with Crippen LogP contribution in [0.15, 0.2) is 34.2 Å². The van der Waals surface area contributed by atoms with E-state index < -0.39 is 0 Å². The smallest absolute Gasteiger partial charge is 0.262 e. The van der Waals surface area contributed by atoms with Gasteiger partial charge in [0.25, 0.3) is 5.56 Å². The van der Waals surface area contributed by atoms with Crippen molar-refractivity contribution in [2.75, 3.05) is 12.3 Å². The second kappa shape index (κ2) is 6.64. The van der Waals surface area contributed by atoms with Gasteiger partial charge in [0.2, 0.25) is 11.7 Å². The molecule has 0 aliphatic heterocycles. The fraction of sp³-hybridized carbons (Fsp3) is 0.375. The van der Waals surface area contributed by atoms with Crippen LogP contribution in [-0.4, -0.2) is 37.4 Å². The van der Waals surface area contributed by atoms with Crippen molar-refractivity contribution in [3.8, 4) is 0 Å². The normalized spacial score (nSPS) is 11.5. The molecule has 2 aromatic heterocycles. The molecule has 1 aromatic carbocycles. The van der Waals surface area contributed by atoms with Gasteiger partial charge in [0, 0.05) is 13.6 Å². The molecule has 24 heavy (non-hydrogen) atoms. The van der Waals surface area contributed by atoms with Crippen LogP contribution in [0.4, 0.5) is 0 Å². The van der Waals surface area contributed by atoms with Crippen molar-refractivity contribution in [3.05, 3.63) is 34.6 Å². The summed E-state index contributed by atoms with van der Waals surface area (Å²) in [4.78, 5) is 24.3. The van der Waals surface area contributed by atoms with Gasteiger partial charge in [0.05, 0.1) is 16.7 Å². The molecule has 0 radical (unpaired) electrons. The summed E-state index contributed by atoms with van der Waals surface area (Å²) in [5.74, 6) is 1.08. The van der Waals surface area contributed by atoms with E-state index in [9.17, 15) is 9.59 Å². The van der Waals surface area contributed by atoms with Crippen LogP contribution in [0.1, 0.15) is 13.8 Å². The molecule has 0 atom stereocenters. The van der Waals surface area contributed by atoms with E-state index in [1.54, 1.807) is 13.1 Å². The van der Waals surface area contributed by atoms with Gasteiger partial charge < -0.3 is 5.32 Å². The maximum atomic E-state index is 12.4. The Morgan fingerprint density at radius 2 is 2.04 bits per heavy atom. The van der Waals surface area contributed by atoms with Gasteiger partial charge in [-0.2, -0.15) is 0 Å². The van der Waals surface area contributed by atoms with E-state index in [0.717, 1.165) is 5.52 Å². The predicted molar refractivity (Wildman–Crippen MR) is 94.3 cm³/mol. The summed E-state index contributed by atoms with van der Waals surface area (Å²) in [6.07, 6.45) is 0. The Kier molecular flexibility index (Phi) is 4.57. The van der Waals surface area contributed by atoms with Gasteiger partial charge >= 0.3 is 0 Å². The van der Waals surface area contributed by atoms with Crippen molar-refractivity contribution in [3.63, 3.8) is 0 Å². The van der Waals surface area contributed by atoms with E-state index in [0.29, 0.717) is 28.8 Å². The van der Waals surface area contributed by atoms with Gasteiger partial charge in [-0.25, -0.2) is 0 Å². The lowest BCUT2D eigenvalue weighted by Crippen LogP contribution is -2.28. The zero-order valence-corrected chi connectivity index (χ0v) is 14.6. The summed E-state index contributed by atoms with van der Waals surface area (Å²) in [7, 11) is 1.67. The average Bonchev–Trinajstić information content (AvgIpc) is 3.00. The van der Waals surface area contributed by atoms with Crippen LogP contribution in [0.2, 0.25) is 0 Å². The fourth-order valence-corrected chi connectivity index (χ4v) is 3.17. The van der Waals surface area contributed by atoms with Crippen molar-refractivity contribution in [1.29, 1.82) is 0 Å². The average molecular weight is 345 g/mol. The minimum Gasteiger partial charge on any atom is -0.355 e. The second-order valence-electron chi connectivity index (χ2n) is 5.99. The molecule has 0 unspecified atom stereocenters. The molecule has 0 saturated carbocycles. The van der Waals surface area contributed by atoms with Gasteiger partial charge in [-0.3, -0.25) is 18.6 Å². The van der Waals surface area contributed by atoms with Crippen molar-refractivity contribution < 1.29 is 4.79 Å². The topological polar surface area (TPSA) is 81.3 Å². The maximum absolute atomic E-state index is 12.4. The molecule has 1 N–H and O–H groups in total. The first-order valence-corrected chi connectivity index (χ1v) is 8.70. The third-order valence-corrected chi connectivity index (χ3v) is 4.57. The SMILES string of the molecule is CC(C)CNC(=O)CSc1nnc2n(C)c(=O)c3ccccc3n12. The lowest BCUT2D eigenvalue weighted by Gasteiger charge is -2.08. The summed E-state index contributed by atoms with van der Waals surface area (Å²) in [5.41, 5.74) is 0.627. The molecule has 0 aliphatic carbocycles. The van der Waals surface area contributed by atoms with E-state index in [1.807, 2.05) is 36.4 Å². The molecule has 7 nitrogen and oxygen atoms in total. The van der Waals surface area contributed by atoms with E-state index in [4.69, 9.17) is 0 Å². The van der Waals surface area contributed by atoms with E-state index in [-0.39, 0.29) is 17.2 Å². The molecule has 1 amide bonds. The first-order valence-electron chi connectivity index (χ1n) is 7.71. The van der Waals surface area contributed by atoms with Gasteiger partial charge in [-0.05, 0) is 18.1 Å². The number of nitrogens with zero attached hydrogens (tertiary/aromatic N) is 4. The molecule has 0 spiro atoms. The van der Waals surface area contributed by atoms with E-state index in [1.165, 1.54) is 16.3 Å². The number of aromatic nitrogens is 4. The van der Waals surface area contributed by atoms with E-state index >= 15 is 0 Å². The highest BCUT2D eigenvalue weighted by Gasteiger charge is 2.15. The maximum Gasteiger partial charge on any atom is 0.262 e. The lowest BCUT2D eigenvalue weighted by molar-refractivity contribution is -0.118. The summed E-state index contributed by atoms with van der Waals surface area (Å²) in [6.45, 7) is 4.75. The second-order valence-corrected chi connectivity index (χ2v) is 6.93. The molecular weight excluding hydrogens is 326 g/mol. The van der Waals surface area contributed by atoms with Crippen LogP contribution in [-0.2, 0) is 11.8 Å². The first kappa shape index (κ1) is 16.5. The first-order chi connectivity index (χ1) is 11.5. The Morgan fingerprint density at radius 1 is 1.29 bits per heavy atom. The van der Waals surface area contributed by atoms with Crippen LogP contribution in [0.3, 0.4) is 0 Å². The molecule has 126 valence electrons. The number of rotatable bonds is 5. The third kappa shape index (κ3) is 3.01. The van der Waals surface area contributed by atoms with E-state index in [2.05, 4.69) is 15.5 Å². The molecule has 8 heteroatoms. The number of benzene rings is 1. The monoisotopic (exact) mass is 345 g/mol. The van der Waals surface area contributed by atoms with Gasteiger partial charge in [-0.15, -0.1) is 10.2 Å². The summed E-state index contributed by atoms with van der Waals surface area (Å²) < 4.78 is 3.29. The number of nitrogens with one attached hydrogen (secondary N) is 1. The van der Waals surface area contributed by atoms with Crippen molar-refractivity contribution >= 4 is 34.3 Å². The number of carbonyl (C=O) groups excluding carboxylic acids is 1. The highest BCUT2D eigenvalue weighted by molar-refractivity contribution is 7.99. The van der Waals surface area contributed by atoms with Crippen LogP contribution in [0.5, 0.6) is 0 Å². The number of aryl methyl sites for hydroxylation is 1. The van der Waals surface area contributed by atoms with Crippen LogP contribution < -0.4 is 10.9 Å². The lowest BCUT2D eigenvalue weighted by atomic mass is 10.2. The molecule has 0 aliphatic rings. The van der Waals surface area contributed by atoms with Gasteiger partial charge in [-0.1, -0.05) is 37.7 Å². The fourth-order valence-electron chi connectivity index (χ4n) is 2.40. The summed E-state index contributed by atoms with van der Waals surface area (Å²) >= 11 is 1.31. The Hall–Kier alpha value is -2.35. The Morgan fingerprint density at radius 3 is 2.79 bits per heavy atom. The zero-order valence-electron chi connectivity index (χ0n) is 13.8. The summed E-state index contributed by atoms with van der Waals surface area (Å²) in [5, 5.41) is 12.3. The van der Waals surface area contributed by atoms with Crippen LogP contribution in [0, 0.1) is 5.92 Å². The molecule has 3 rings (SSSR count). The molecule has 0 saturated heterocycles. The zero-order chi connectivity index (χ0) is 17.3. The predicted octanol–water partition coefficient (Wildman–Crippen LogP) is 1.45. The largest absolute Gasteiger partial charge is 0.355 e. The molecule has 2 heterocycles. The van der Waals surface area contributed by atoms with Crippen LogP contribution >= 0.6 is 11.8 Å². The number of hydrogen-bond acceptors (Lipinski definition) is 5. The Labute approximate surface area is 143 Å². The number of hydrogen-bond donors (Lipinski definition) is 1. The molecule has 3 aromatic rings. The Bertz CT molecular complexity index is 960. The highest BCUT2D eigenvalue weighted by atomic mass is 32.2. The minimum atomic E-state index is -0.114. The standard InChI is InChI=1S/C16H19N5O2S/c1-10(2)8-17-13(22)9-24-16-19-18-15-20(3)14(23)11-6-4-5-7-12(11)21(15)16/h4-7,10H,8-9H2,1-3H3,(H,17,22). The van der Waals surface area contributed by atoms with Crippen LogP contribution in [0.25, 0.3) is 16.7 Å². The van der Waals surface area contributed by atoms with Crippen molar-refractivity contribution in [1.82, 2.24) is 24.5 Å². The third-order valence-electron chi connectivity index (χ3n) is 3.64. The van der Waals surface area contributed by atoms with Crippen molar-refractivity contribution in [2.45, 2.75) is 19.0 Å². The number of thioether (sulfide) groups is 1. The molecule has 0 bridgehead atoms. The highest BCUT2D eigenvalue weighted by Crippen LogP contribution is 2.20. The van der Waals surface area contributed by atoms with Gasteiger partial charge in [0.1, 0.15) is 0 Å².